The maximum Gasteiger partial charge on any atom is 0.239 e. The molecule has 1 aliphatic carbocycles. The van der Waals surface area contributed by atoms with E-state index in [1.807, 2.05) is 12.1 Å². The fourth-order valence-corrected chi connectivity index (χ4v) is 2.35. The molecular formula is C13H18N2O2. The van der Waals surface area contributed by atoms with E-state index in [1.54, 1.807) is 7.05 Å². The van der Waals surface area contributed by atoms with Crippen molar-refractivity contribution in [1.82, 2.24) is 10.6 Å². The van der Waals surface area contributed by atoms with Gasteiger partial charge in [0.25, 0.3) is 0 Å². The number of carbonyl (C=O) groups excluding carboxylic acids is 1. The zero-order valence-electron chi connectivity index (χ0n) is 9.94. The van der Waals surface area contributed by atoms with Gasteiger partial charge in [-0.2, -0.15) is 0 Å². The molecule has 0 saturated heterocycles. The van der Waals surface area contributed by atoms with Gasteiger partial charge in [0.15, 0.2) is 0 Å². The summed E-state index contributed by atoms with van der Waals surface area (Å²) in [6, 6.07) is 8.02. The van der Waals surface area contributed by atoms with Crippen molar-refractivity contribution in [2.75, 3.05) is 13.7 Å². The molecule has 92 valence electrons. The smallest absolute Gasteiger partial charge is 0.239 e. The van der Waals surface area contributed by atoms with Gasteiger partial charge in [-0.3, -0.25) is 4.79 Å². The van der Waals surface area contributed by atoms with Crippen LogP contribution in [0.4, 0.5) is 0 Å². The van der Waals surface area contributed by atoms with Gasteiger partial charge in [0.05, 0.1) is 6.61 Å². The van der Waals surface area contributed by atoms with Crippen LogP contribution >= 0.6 is 0 Å². The average molecular weight is 234 g/mol. The first-order valence-electron chi connectivity index (χ1n) is 5.90. The van der Waals surface area contributed by atoms with E-state index in [4.69, 9.17) is 0 Å². The van der Waals surface area contributed by atoms with Crippen molar-refractivity contribution in [3.8, 4) is 0 Å². The minimum Gasteiger partial charge on any atom is -0.394 e. The van der Waals surface area contributed by atoms with Crippen molar-refractivity contribution in [3.05, 3.63) is 35.4 Å². The van der Waals surface area contributed by atoms with Crippen LogP contribution in [0.2, 0.25) is 0 Å². The van der Waals surface area contributed by atoms with Crippen LogP contribution in [0.25, 0.3) is 0 Å². The Balaban J connectivity index is 1.97. The highest BCUT2D eigenvalue weighted by Crippen LogP contribution is 2.21. The largest absolute Gasteiger partial charge is 0.394 e. The zero-order chi connectivity index (χ0) is 12.3. The van der Waals surface area contributed by atoms with Crippen LogP contribution in [0.5, 0.6) is 0 Å². The quantitative estimate of drug-likeness (QED) is 0.679. The van der Waals surface area contributed by atoms with Gasteiger partial charge in [-0.1, -0.05) is 24.3 Å². The summed E-state index contributed by atoms with van der Waals surface area (Å²) >= 11 is 0. The summed E-state index contributed by atoms with van der Waals surface area (Å²) in [6.45, 7) is -0.174. The average Bonchev–Trinajstić information content (AvgIpc) is 2.77. The predicted molar refractivity (Wildman–Crippen MR) is 65.7 cm³/mol. The molecule has 1 aromatic rings. The number of rotatable bonds is 4. The third kappa shape index (κ3) is 2.65. The Bertz CT molecular complexity index is 381. The topological polar surface area (TPSA) is 61.4 Å². The number of aliphatic hydroxyl groups is 1. The normalized spacial score (nSPS) is 16.6. The summed E-state index contributed by atoms with van der Waals surface area (Å²) in [5.41, 5.74) is 2.66. The molecule has 17 heavy (non-hydrogen) atoms. The van der Waals surface area contributed by atoms with Gasteiger partial charge in [-0.25, -0.2) is 0 Å². The molecule has 2 rings (SSSR count). The molecule has 0 bridgehead atoms. The van der Waals surface area contributed by atoms with Gasteiger partial charge in [-0.05, 0) is 24.0 Å². The molecule has 1 unspecified atom stereocenters. The molecule has 1 aromatic carbocycles. The highest BCUT2D eigenvalue weighted by molar-refractivity contribution is 5.81. The Morgan fingerprint density at radius 2 is 2.00 bits per heavy atom. The first-order chi connectivity index (χ1) is 8.24. The molecule has 0 aromatic heterocycles. The predicted octanol–water partition coefficient (Wildman–Crippen LogP) is -0.150. The van der Waals surface area contributed by atoms with Crippen LogP contribution in [0.3, 0.4) is 0 Å². The molecule has 1 atom stereocenters. The minimum atomic E-state index is -0.515. The maximum atomic E-state index is 11.5. The van der Waals surface area contributed by atoms with Gasteiger partial charge in [-0.15, -0.1) is 0 Å². The van der Waals surface area contributed by atoms with E-state index >= 15 is 0 Å². The summed E-state index contributed by atoms with van der Waals surface area (Å²) in [7, 11) is 1.58. The minimum absolute atomic E-state index is 0.163. The number of nitrogens with one attached hydrogen (secondary N) is 2. The van der Waals surface area contributed by atoms with Crippen molar-refractivity contribution in [1.29, 1.82) is 0 Å². The molecule has 3 N–H and O–H groups in total. The first kappa shape index (κ1) is 12.1. The number of benzene rings is 1. The molecule has 4 heteroatoms. The van der Waals surface area contributed by atoms with E-state index in [0.29, 0.717) is 0 Å². The summed E-state index contributed by atoms with van der Waals surface area (Å²) in [6.07, 6.45) is 1.84. The Labute approximate surface area is 101 Å². The maximum absolute atomic E-state index is 11.5. The number of amides is 1. The molecular weight excluding hydrogens is 216 g/mol. The lowest BCUT2D eigenvalue weighted by molar-refractivity contribution is -0.123. The molecule has 0 aliphatic heterocycles. The van der Waals surface area contributed by atoms with Crippen LogP contribution < -0.4 is 10.6 Å². The highest BCUT2D eigenvalue weighted by Gasteiger charge is 2.25. The molecule has 0 radical (unpaired) electrons. The molecule has 1 amide bonds. The van der Waals surface area contributed by atoms with Crippen LogP contribution in [0.15, 0.2) is 24.3 Å². The molecule has 4 nitrogen and oxygen atoms in total. The lowest BCUT2D eigenvalue weighted by Gasteiger charge is -2.19. The number of carbonyl (C=O) groups is 1. The third-order valence-electron chi connectivity index (χ3n) is 3.23. The van der Waals surface area contributed by atoms with Crippen LogP contribution in [-0.4, -0.2) is 36.8 Å². The summed E-state index contributed by atoms with van der Waals surface area (Å²) in [4.78, 5) is 11.5. The van der Waals surface area contributed by atoms with Gasteiger partial charge in [0.1, 0.15) is 6.04 Å². The number of fused-ring (bicyclic) bond motifs is 1. The molecule has 0 fully saturated rings. The Hall–Kier alpha value is -1.39. The number of aliphatic hydroxyl groups excluding tert-OH is 1. The van der Waals surface area contributed by atoms with E-state index in [-0.39, 0.29) is 18.6 Å². The van der Waals surface area contributed by atoms with E-state index in [0.717, 1.165) is 12.8 Å². The molecule has 0 spiro atoms. The molecule has 1 aliphatic rings. The Kier molecular flexibility index (Phi) is 3.76. The number of hydrogen-bond donors (Lipinski definition) is 3. The fraction of sp³-hybridized carbons (Fsp3) is 0.462. The van der Waals surface area contributed by atoms with Gasteiger partial charge in [0.2, 0.25) is 5.91 Å². The van der Waals surface area contributed by atoms with E-state index < -0.39 is 6.04 Å². The Morgan fingerprint density at radius 1 is 1.41 bits per heavy atom. The summed E-state index contributed by atoms with van der Waals surface area (Å²) in [5.74, 6) is -0.163. The van der Waals surface area contributed by atoms with Crippen LogP contribution in [0.1, 0.15) is 11.1 Å². The highest BCUT2D eigenvalue weighted by atomic mass is 16.3. The van der Waals surface area contributed by atoms with Crippen LogP contribution in [0, 0.1) is 0 Å². The lowest BCUT2D eigenvalue weighted by atomic mass is 10.1. The third-order valence-corrected chi connectivity index (χ3v) is 3.23. The van der Waals surface area contributed by atoms with Crippen LogP contribution in [-0.2, 0) is 17.6 Å². The Morgan fingerprint density at radius 3 is 2.47 bits per heavy atom. The standard InChI is InChI=1S/C13H18N2O2/c1-14-13(17)12(8-16)15-11-6-9-4-2-3-5-10(9)7-11/h2-5,11-12,15-16H,6-8H2,1H3,(H,14,17). The monoisotopic (exact) mass is 234 g/mol. The second-order valence-corrected chi connectivity index (χ2v) is 4.39. The zero-order valence-corrected chi connectivity index (χ0v) is 9.94. The van der Waals surface area contributed by atoms with Crippen molar-refractivity contribution in [3.63, 3.8) is 0 Å². The second-order valence-electron chi connectivity index (χ2n) is 4.39. The van der Waals surface area contributed by atoms with E-state index in [2.05, 4.69) is 22.8 Å². The number of likely N-dealkylation sites (N-methyl/N-ethyl adjacent to an activating group) is 1. The summed E-state index contributed by atoms with van der Waals surface area (Å²) in [5, 5.41) is 14.9. The summed E-state index contributed by atoms with van der Waals surface area (Å²) < 4.78 is 0. The van der Waals surface area contributed by atoms with Crippen molar-refractivity contribution in [2.24, 2.45) is 0 Å². The molecule has 0 heterocycles. The van der Waals surface area contributed by atoms with Crippen molar-refractivity contribution >= 4 is 5.91 Å². The van der Waals surface area contributed by atoms with Gasteiger partial charge >= 0.3 is 0 Å². The number of hydrogen-bond acceptors (Lipinski definition) is 3. The second kappa shape index (κ2) is 5.29. The van der Waals surface area contributed by atoms with E-state index in [9.17, 15) is 9.90 Å². The van der Waals surface area contributed by atoms with Crippen molar-refractivity contribution < 1.29 is 9.90 Å². The first-order valence-corrected chi connectivity index (χ1v) is 5.90. The van der Waals surface area contributed by atoms with E-state index in [1.165, 1.54) is 11.1 Å². The van der Waals surface area contributed by atoms with Gasteiger partial charge in [0, 0.05) is 13.1 Å². The van der Waals surface area contributed by atoms with Crippen molar-refractivity contribution in [2.45, 2.75) is 24.9 Å². The SMILES string of the molecule is CNC(=O)C(CO)NC1Cc2ccccc2C1. The fourth-order valence-electron chi connectivity index (χ4n) is 2.35. The lowest BCUT2D eigenvalue weighted by Crippen LogP contribution is -2.49. The van der Waals surface area contributed by atoms with Gasteiger partial charge < -0.3 is 15.7 Å². The molecule has 0 saturated carbocycles.